The van der Waals surface area contributed by atoms with E-state index in [-0.39, 0.29) is 18.4 Å². The van der Waals surface area contributed by atoms with Gasteiger partial charge in [-0.15, -0.1) is 0 Å². The fraction of sp³-hybridized carbons (Fsp3) is 0.636. The third-order valence-electron chi connectivity index (χ3n) is 3.89. The van der Waals surface area contributed by atoms with Crippen molar-refractivity contribution in [2.24, 2.45) is 23.5 Å². The maximum Gasteiger partial charge on any atom is 0.236 e. The molecule has 0 aromatic heterocycles. The van der Waals surface area contributed by atoms with Crippen LogP contribution in [0.4, 0.5) is 0 Å². The highest BCUT2D eigenvalue weighted by molar-refractivity contribution is 5.94. The molecule has 0 bridgehead atoms. The Morgan fingerprint density at radius 1 is 1.27 bits per heavy atom. The number of carbonyl (C=O) groups is 2. The monoisotopic (exact) mass is 206 g/mol. The van der Waals surface area contributed by atoms with Crippen LogP contribution in [0.1, 0.15) is 19.3 Å². The Balaban J connectivity index is 1.56. The highest BCUT2D eigenvalue weighted by atomic mass is 16.2. The molecule has 0 radical (unpaired) electrons. The summed E-state index contributed by atoms with van der Waals surface area (Å²) in [6, 6.07) is 0. The average Bonchev–Trinajstić information content (AvgIpc) is 2.68. The Labute approximate surface area is 87.9 Å². The van der Waals surface area contributed by atoms with Gasteiger partial charge in [0.1, 0.15) is 0 Å². The first-order chi connectivity index (χ1) is 7.20. The Hall–Kier alpha value is -1.32. The minimum absolute atomic E-state index is 0.0202. The molecule has 80 valence electrons. The molecule has 2 unspecified atom stereocenters. The van der Waals surface area contributed by atoms with E-state index in [0.29, 0.717) is 11.8 Å². The molecule has 2 atom stereocenters. The zero-order valence-corrected chi connectivity index (χ0v) is 8.45. The van der Waals surface area contributed by atoms with Crippen LogP contribution in [-0.4, -0.2) is 18.4 Å². The minimum atomic E-state index is -0.480. The smallest absolute Gasteiger partial charge is 0.236 e. The maximum absolute atomic E-state index is 11.6. The van der Waals surface area contributed by atoms with E-state index in [0.717, 1.165) is 0 Å². The van der Waals surface area contributed by atoms with Crippen LogP contribution in [-0.2, 0) is 9.59 Å². The molecule has 0 spiro atoms. The van der Waals surface area contributed by atoms with Crippen molar-refractivity contribution in [3.05, 3.63) is 11.1 Å². The molecule has 3 aliphatic carbocycles. The summed E-state index contributed by atoms with van der Waals surface area (Å²) in [6.45, 7) is -0.0365. The number of primary amides is 1. The molecule has 3 rings (SSSR count). The van der Waals surface area contributed by atoms with Gasteiger partial charge in [-0.25, -0.2) is 0 Å². The number of amides is 2. The zero-order chi connectivity index (χ0) is 10.6. The second-order valence-electron chi connectivity index (χ2n) is 4.67. The van der Waals surface area contributed by atoms with Crippen molar-refractivity contribution < 1.29 is 9.59 Å². The number of hydrogen-bond donors (Lipinski definition) is 2. The van der Waals surface area contributed by atoms with Gasteiger partial charge in [-0.3, -0.25) is 9.59 Å². The van der Waals surface area contributed by atoms with E-state index in [1.54, 1.807) is 0 Å². The first-order valence-electron chi connectivity index (χ1n) is 5.50. The minimum Gasteiger partial charge on any atom is -0.368 e. The van der Waals surface area contributed by atoms with Crippen LogP contribution in [0.2, 0.25) is 0 Å². The highest BCUT2D eigenvalue weighted by Gasteiger charge is 2.61. The largest absolute Gasteiger partial charge is 0.368 e. The molecule has 0 aliphatic heterocycles. The van der Waals surface area contributed by atoms with E-state index in [4.69, 9.17) is 5.73 Å². The van der Waals surface area contributed by atoms with Crippen molar-refractivity contribution >= 4 is 11.8 Å². The van der Waals surface area contributed by atoms with Crippen LogP contribution in [0.5, 0.6) is 0 Å². The summed E-state index contributed by atoms with van der Waals surface area (Å²) in [6.07, 6.45) is 3.81. The van der Waals surface area contributed by atoms with Crippen molar-refractivity contribution in [3.8, 4) is 0 Å². The Morgan fingerprint density at radius 3 is 2.40 bits per heavy atom. The van der Waals surface area contributed by atoms with Gasteiger partial charge in [0.2, 0.25) is 11.8 Å². The summed E-state index contributed by atoms with van der Waals surface area (Å²) in [4.78, 5) is 22.2. The van der Waals surface area contributed by atoms with Crippen molar-refractivity contribution in [3.63, 3.8) is 0 Å². The first kappa shape index (κ1) is 8.95. The fourth-order valence-electron chi connectivity index (χ4n) is 3.28. The third kappa shape index (κ3) is 1.14. The van der Waals surface area contributed by atoms with Crippen LogP contribution in [0.15, 0.2) is 11.1 Å². The lowest BCUT2D eigenvalue weighted by Crippen LogP contribution is -2.34. The molecular formula is C11H14N2O2. The lowest BCUT2D eigenvalue weighted by Gasteiger charge is -2.18. The van der Waals surface area contributed by atoms with Gasteiger partial charge in [0, 0.05) is 0 Å². The Bertz CT molecular complexity index is 366. The van der Waals surface area contributed by atoms with Crippen LogP contribution < -0.4 is 11.1 Å². The molecule has 3 aliphatic rings. The summed E-state index contributed by atoms with van der Waals surface area (Å²) in [5.74, 6) is 0.938. The predicted molar refractivity (Wildman–Crippen MR) is 53.6 cm³/mol. The fourth-order valence-corrected chi connectivity index (χ4v) is 3.28. The van der Waals surface area contributed by atoms with Crippen LogP contribution in [0.25, 0.3) is 0 Å². The topological polar surface area (TPSA) is 72.2 Å². The lowest BCUT2D eigenvalue weighted by atomic mass is 9.86. The van der Waals surface area contributed by atoms with E-state index < -0.39 is 5.91 Å². The molecule has 3 N–H and O–H groups in total. The van der Waals surface area contributed by atoms with Gasteiger partial charge < -0.3 is 11.1 Å². The zero-order valence-electron chi connectivity index (χ0n) is 8.45. The average molecular weight is 206 g/mol. The van der Waals surface area contributed by atoms with Gasteiger partial charge in [0.05, 0.1) is 12.5 Å². The summed E-state index contributed by atoms with van der Waals surface area (Å²) in [7, 11) is 0. The van der Waals surface area contributed by atoms with Gasteiger partial charge >= 0.3 is 0 Å². The number of rotatable bonds is 3. The molecular weight excluding hydrogens is 192 g/mol. The molecule has 15 heavy (non-hydrogen) atoms. The number of nitrogens with two attached hydrogens (primary N) is 1. The SMILES string of the molecule is NC(=O)CNC(=O)C1C2=C1C1CCCC21. The Morgan fingerprint density at radius 2 is 1.87 bits per heavy atom. The number of fused-ring (bicyclic) bond motifs is 3. The molecule has 0 aromatic carbocycles. The first-order valence-corrected chi connectivity index (χ1v) is 5.50. The highest BCUT2D eigenvalue weighted by Crippen LogP contribution is 2.67. The molecule has 1 saturated carbocycles. The summed E-state index contributed by atoms with van der Waals surface area (Å²) in [5.41, 5.74) is 7.72. The standard InChI is InChI=1S/C11H14N2O2/c12-7(14)4-13-11(15)10-8-5-2-1-3-6(5)9(8)10/h5-6,10H,1-4H2,(H2,12,14)(H,13,15). The van der Waals surface area contributed by atoms with Gasteiger partial charge in [-0.2, -0.15) is 0 Å². The van der Waals surface area contributed by atoms with Gasteiger partial charge in [0.15, 0.2) is 0 Å². The van der Waals surface area contributed by atoms with Crippen molar-refractivity contribution in [1.29, 1.82) is 0 Å². The van der Waals surface area contributed by atoms with E-state index in [9.17, 15) is 9.59 Å². The van der Waals surface area contributed by atoms with E-state index in [2.05, 4.69) is 5.32 Å². The molecule has 0 heterocycles. The van der Waals surface area contributed by atoms with Crippen molar-refractivity contribution in [1.82, 2.24) is 5.32 Å². The summed E-state index contributed by atoms with van der Waals surface area (Å²) < 4.78 is 0. The second-order valence-corrected chi connectivity index (χ2v) is 4.67. The van der Waals surface area contributed by atoms with E-state index >= 15 is 0 Å². The molecule has 0 saturated heterocycles. The Kier molecular flexibility index (Phi) is 1.69. The van der Waals surface area contributed by atoms with Gasteiger partial charge in [-0.1, -0.05) is 6.42 Å². The van der Waals surface area contributed by atoms with Crippen molar-refractivity contribution in [2.75, 3.05) is 6.54 Å². The normalized spacial score (nSPS) is 35.3. The number of carbonyl (C=O) groups excluding carboxylic acids is 2. The van der Waals surface area contributed by atoms with Gasteiger partial charge in [0.25, 0.3) is 0 Å². The van der Waals surface area contributed by atoms with Crippen LogP contribution >= 0.6 is 0 Å². The molecule has 4 heteroatoms. The van der Waals surface area contributed by atoms with Crippen LogP contribution in [0, 0.1) is 17.8 Å². The quantitative estimate of drug-likeness (QED) is 0.635. The third-order valence-corrected chi connectivity index (χ3v) is 3.89. The molecule has 4 nitrogen and oxygen atoms in total. The summed E-state index contributed by atoms with van der Waals surface area (Å²) >= 11 is 0. The number of hydrogen-bond acceptors (Lipinski definition) is 2. The van der Waals surface area contributed by atoms with Crippen LogP contribution in [0.3, 0.4) is 0 Å². The van der Waals surface area contributed by atoms with E-state index in [1.807, 2.05) is 0 Å². The number of nitrogens with one attached hydrogen (secondary N) is 1. The maximum atomic E-state index is 11.6. The van der Waals surface area contributed by atoms with Gasteiger partial charge in [-0.05, 0) is 35.8 Å². The van der Waals surface area contributed by atoms with Crippen molar-refractivity contribution in [2.45, 2.75) is 19.3 Å². The summed E-state index contributed by atoms with van der Waals surface area (Å²) in [5, 5.41) is 2.58. The lowest BCUT2D eigenvalue weighted by molar-refractivity contribution is -0.125. The second kappa shape index (κ2) is 2.84. The molecule has 0 aromatic rings. The molecule has 1 fully saturated rings. The van der Waals surface area contributed by atoms with E-state index in [1.165, 1.54) is 30.4 Å². The predicted octanol–water partition coefficient (Wildman–Crippen LogP) is -0.0558. The molecule has 2 amide bonds.